The van der Waals surface area contributed by atoms with Gasteiger partial charge in [-0.05, 0) is 19.8 Å². The van der Waals surface area contributed by atoms with Gasteiger partial charge in [-0.15, -0.1) is 0 Å². The van der Waals surface area contributed by atoms with Gasteiger partial charge in [0.15, 0.2) is 0 Å². The van der Waals surface area contributed by atoms with Crippen molar-refractivity contribution in [3.63, 3.8) is 0 Å². The molecule has 1 saturated heterocycles. The lowest BCUT2D eigenvalue weighted by atomic mass is 10.1. The molecule has 158 valence electrons. The summed E-state index contributed by atoms with van der Waals surface area (Å²) in [4.78, 5) is 37.1. The van der Waals surface area contributed by atoms with E-state index in [2.05, 4.69) is 10.1 Å². The van der Waals surface area contributed by atoms with Crippen molar-refractivity contribution in [1.82, 2.24) is 14.6 Å². The summed E-state index contributed by atoms with van der Waals surface area (Å²) in [6.45, 7) is 5.86. The summed E-state index contributed by atoms with van der Waals surface area (Å²) < 4.78 is 29.6. The number of aromatic amines is 1. The third-order valence-electron chi connectivity index (χ3n) is 4.41. The van der Waals surface area contributed by atoms with E-state index in [1.54, 1.807) is 6.92 Å². The first-order valence-corrected chi connectivity index (χ1v) is 10.7. The number of aromatic nitrogens is 2. The van der Waals surface area contributed by atoms with Crippen molar-refractivity contribution in [3.05, 3.63) is 33.1 Å². The summed E-state index contributed by atoms with van der Waals surface area (Å²) in [5.41, 5.74) is -1.02. The highest BCUT2D eigenvalue weighted by Crippen LogP contribution is 2.34. The molecule has 1 aliphatic heterocycles. The summed E-state index contributed by atoms with van der Waals surface area (Å²) in [6.07, 6.45) is 2.78. The smallest absolute Gasteiger partial charge is 0.330 e. The molecule has 0 aromatic carbocycles. The standard InChI is InChI=1S/C17H28N3O7P/c1-4-5-8-25-16(22)12(3)19-28(24)26-10-13-9-11(2)15(27-13)20-7-6-14(21)18-17(20)23/h6-7,11-13,15,28H,4-5,8-10H2,1-3H3,(H,19,24)(H,18,21,23)/t11-,12+,13-,15+/m0/s1. The number of nitrogens with one attached hydrogen (secondary N) is 2. The number of hydrogen-bond donors (Lipinski definition) is 2. The Bertz CT molecular complexity index is 793. The molecule has 1 aliphatic rings. The van der Waals surface area contributed by atoms with Crippen LogP contribution in [0.4, 0.5) is 0 Å². The van der Waals surface area contributed by atoms with Gasteiger partial charge in [-0.3, -0.25) is 23.7 Å². The highest BCUT2D eigenvalue weighted by Gasteiger charge is 2.34. The van der Waals surface area contributed by atoms with Gasteiger partial charge in [-0.25, -0.2) is 9.88 Å². The van der Waals surface area contributed by atoms with Gasteiger partial charge in [0.25, 0.3) is 13.7 Å². The molecule has 0 bridgehead atoms. The van der Waals surface area contributed by atoms with Crippen molar-refractivity contribution in [2.45, 2.75) is 58.4 Å². The van der Waals surface area contributed by atoms with Gasteiger partial charge in [0, 0.05) is 18.2 Å². The number of carbonyl (C=O) groups is 1. The Morgan fingerprint density at radius 3 is 2.93 bits per heavy atom. The molecule has 11 heteroatoms. The average Bonchev–Trinajstić information content (AvgIpc) is 3.00. The van der Waals surface area contributed by atoms with E-state index in [1.165, 1.54) is 16.8 Å². The minimum atomic E-state index is -2.66. The normalized spacial score (nSPS) is 24.0. The van der Waals surface area contributed by atoms with Gasteiger partial charge in [-0.2, -0.15) is 0 Å². The summed E-state index contributed by atoms with van der Waals surface area (Å²) in [7, 11) is -2.66. The second kappa shape index (κ2) is 10.7. The first kappa shape index (κ1) is 22.5. The van der Waals surface area contributed by atoms with Gasteiger partial charge < -0.3 is 14.0 Å². The molecule has 2 N–H and O–H groups in total. The van der Waals surface area contributed by atoms with Crippen LogP contribution in [-0.2, 0) is 23.4 Å². The van der Waals surface area contributed by atoms with Crippen molar-refractivity contribution in [2.24, 2.45) is 5.92 Å². The molecule has 28 heavy (non-hydrogen) atoms. The fourth-order valence-electron chi connectivity index (χ4n) is 2.88. The van der Waals surface area contributed by atoms with E-state index in [9.17, 15) is 18.9 Å². The second-order valence-electron chi connectivity index (χ2n) is 6.86. The maximum absolute atomic E-state index is 12.1. The maximum Gasteiger partial charge on any atom is 0.330 e. The summed E-state index contributed by atoms with van der Waals surface area (Å²) >= 11 is 0. The van der Waals surface area contributed by atoms with Crippen molar-refractivity contribution in [1.29, 1.82) is 0 Å². The highest BCUT2D eigenvalue weighted by molar-refractivity contribution is 7.36. The van der Waals surface area contributed by atoms with E-state index in [0.29, 0.717) is 13.0 Å². The number of hydrogen-bond acceptors (Lipinski definition) is 7. The summed E-state index contributed by atoms with van der Waals surface area (Å²) in [5, 5.41) is 2.60. The Kier molecular flexibility index (Phi) is 8.62. The quantitative estimate of drug-likeness (QED) is 0.330. The van der Waals surface area contributed by atoms with Crippen molar-refractivity contribution in [3.8, 4) is 0 Å². The van der Waals surface area contributed by atoms with Gasteiger partial charge >= 0.3 is 11.7 Å². The number of carbonyl (C=O) groups excluding carboxylic acids is 1. The molecule has 1 fully saturated rings. The van der Waals surface area contributed by atoms with E-state index >= 15 is 0 Å². The zero-order chi connectivity index (χ0) is 20.7. The number of H-pyrrole nitrogens is 1. The van der Waals surface area contributed by atoms with Crippen LogP contribution in [0.3, 0.4) is 0 Å². The van der Waals surface area contributed by atoms with Crippen LogP contribution in [0.25, 0.3) is 0 Å². The van der Waals surface area contributed by atoms with Crippen molar-refractivity contribution >= 4 is 14.1 Å². The van der Waals surface area contributed by atoms with Gasteiger partial charge in [0.05, 0.1) is 19.3 Å². The Balaban J connectivity index is 1.80. The molecule has 10 nitrogen and oxygen atoms in total. The highest BCUT2D eigenvalue weighted by atomic mass is 31.1. The van der Waals surface area contributed by atoms with Crippen LogP contribution < -0.4 is 16.3 Å². The number of nitrogens with zero attached hydrogens (tertiary/aromatic N) is 1. The minimum Gasteiger partial charge on any atom is -0.465 e. The van der Waals surface area contributed by atoms with E-state index in [1.807, 2.05) is 13.8 Å². The van der Waals surface area contributed by atoms with Crippen LogP contribution in [0.2, 0.25) is 0 Å². The molecule has 0 saturated carbocycles. The Morgan fingerprint density at radius 1 is 1.50 bits per heavy atom. The Hall–Kier alpha value is -1.74. The molecule has 5 atom stereocenters. The van der Waals surface area contributed by atoms with Gasteiger partial charge in [0.2, 0.25) is 0 Å². The number of rotatable bonds is 10. The van der Waals surface area contributed by atoms with Crippen LogP contribution >= 0.6 is 8.18 Å². The van der Waals surface area contributed by atoms with Crippen LogP contribution in [0.15, 0.2) is 21.9 Å². The zero-order valence-electron chi connectivity index (χ0n) is 16.3. The van der Waals surface area contributed by atoms with E-state index in [4.69, 9.17) is 14.0 Å². The largest absolute Gasteiger partial charge is 0.465 e. The molecule has 0 aliphatic carbocycles. The van der Waals surface area contributed by atoms with E-state index < -0.39 is 37.7 Å². The molecule has 1 aromatic rings. The Morgan fingerprint density at radius 2 is 2.25 bits per heavy atom. The van der Waals surface area contributed by atoms with Crippen LogP contribution in [-0.4, -0.2) is 40.9 Å². The molecule has 0 amide bonds. The summed E-state index contributed by atoms with van der Waals surface area (Å²) in [6, 6.07) is 0.518. The molecule has 1 aromatic heterocycles. The number of esters is 1. The average molecular weight is 417 g/mol. The molecule has 1 unspecified atom stereocenters. The first-order valence-electron chi connectivity index (χ1n) is 9.38. The van der Waals surface area contributed by atoms with E-state index in [0.717, 1.165) is 12.8 Å². The third kappa shape index (κ3) is 6.41. The topological polar surface area (TPSA) is 129 Å². The second-order valence-corrected chi connectivity index (χ2v) is 8.02. The van der Waals surface area contributed by atoms with Crippen LogP contribution in [0.5, 0.6) is 0 Å². The fourth-order valence-corrected chi connectivity index (χ4v) is 3.77. The first-order chi connectivity index (χ1) is 13.3. The molecule has 0 spiro atoms. The fraction of sp³-hybridized carbons (Fsp3) is 0.706. The number of ether oxygens (including phenoxy) is 2. The SMILES string of the molecule is CCCCOC(=O)[C@@H](C)N[PH](=O)OC[C@@H]1C[C@H](C)[C@H](n2ccc(=O)[nH]c2=O)O1. The Labute approximate surface area is 163 Å². The summed E-state index contributed by atoms with van der Waals surface area (Å²) in [5.74, 6) is -0.474. The molecule has 2 heterocycles. The predicted octanol–water partition coefficient (Wildman–Crippen LogP) is 1.19. The van der Waals surface area contributed by atoms with Crippen molar-refractivity contribution < 1.29 is 23.4 Å². The lowest BCUT2D eigenvalue weighted by Crippen LogP contribution is -2.33. The zero-order valence-corrected chi connectivity index (χ0v) is 17.3. The molecular formula is C17H28N3O7P. The van der Waals surface area contributed by atoms with Crippen molar-refractivity contribution in [2.75, 3.05) is 13.2 Å². The number of unbranched alkanes of at least 4 members (excludes halogenated alkanes) is 1. The van der Waals surface area contributed by atoms with Crippen LogP contribution in [0, 0.1) is 5.92 Å². The molecular weight excluding hydrogens is 389 g/mol. The van der Waals surface area contributed by atoms with Crippen LogP contribution in [0.1, 0.15) is 46.3 Å². The lowest BCUT2D eigenvalue weighted by molar-refractivity contribution is -0.145. The third-order valence-corrected chi connectivity index (χ3v) is 5.51. The minimum absolute atomic E-state index is 0.0000440. The maximum atomic E-state index is 12.1. The predicted molar refractivity (Wildman–Crippen MR) is 102 cm³/mol. The lowest BCUT2D eigenvalue weighted by Gasteiger charge is -2.18. The molecule has 0 radical (unpaired) electrons. The van der Waals surface area contributed by atoms with Gasteiger partial charge in [0.1, 0.15) is 12.3 Å². The monoisotopic (exact) mass is 417 g/mol. The van der Waals surface area contributed by atoms with E-state index in [-0.39, 0.29) is 18.6 Å². The molecule has 2 rings (SSSR count). The van der Waals surface area contributed by atoms with Gasteiger partial charge in [-0.1, -0.05) is 20.3 Å².